The molecule has 0 fully saturated rings. The fourth-order valence-electron chi connectivity index (χ4n) is 1.85. The fraction of sp³-hybridized carbons (Fsp3) is 0.533. The molecule has 0 aliphatic carbocycles. The summed E-state index contributed by atoms with van der Waals surface area (Å²) in [5.41, 5.74) is 1.36. The largest absolute Gasteiger partial charge is 0.469 e. The maximum absolute atomic E-state index is 11.0. The molecule has 0 amide bonds. The van der Waals surface area contributed by atoms with Crippen molar-refractivity contribution in [2.45, 2.75) is 41.8 Å². The Hall–Kier alpha value is -0.350. The second-order valence-electron chi connectivity index (χ2n) is 4.52. The summed E-state index contributed by atoms with van der Waals surface area (Å²) < 4.78 is 4.63. The number of hydrogen-bond donors (Lipinski definition) is 0. The number of benzene rings is 1. The number of hydrogen-bond acceptors (Lipinski definition) is 2. The van der Waals surface area contributed by atoms with Crippen molar-refractivity contribution in [1.82, 2.24) is 0 Å². The molecule has 4 heteroatoms. The van der Waals surface area contributed by atoms with Crippen LogP contribution in [-0.2, 0) is 16.0 Å². The van der Waals surface area contributed by atoms with Gasteiger partial charge < -0.3 is 4.74 Å². The van der Waals surface area contributed by atoms with Crippen LogP contribution in [0.5, 0.6) is 0 Å². The molecule has 0 aromatic heterocycles. The first-order chi connectivity index (χ1) is 9.13. The number of carbonyl (C=O) groups is 1. The van der Waals surface area contributed by atoms with E-state index >= 15 is 0 Å². The standard InChI is InChI=1S/C15H20Br2O2/c1-19-15(18)9-5-8-13(16)14(17)11-10-12-6-3-2-4-7-12/h2-4,6-7,13-14H,5,8-11H2,1H3/t13-,14-/m1/s1. The first-order valence-corrected chi connectivity index (χ1v) is 8.35. The van der Waals surface area contributed by atoms with Crippen molar-refractivity contribution in [2.75, 3.05) is 7.11 Å². The third-order valence-corrected chi connectivity index (χ3v) is 5.93. The molecule has 0 aliphatic heterocycles. The lowest BCUT2D eigenvalue weighted by Gasteiger charge is -2.16. The predicted molar refractivity (Wildman–Crippen MR) is 86.1 cm³/mol. The van der Waals surface area contributed by atoms with Gasteiger partial charge in [-0.3, -0.25) is 4.79 Å². The minimum atomic E-state index is -0.130. The smallest absolute Gasteiger partial charge is 0.305 e. The summed E-state index contributed by atoms with van der Waals surface area (Å²) in [6.45, 7) is 0. The Morgan fingerprint density at radius 2 is 1.79 bits per heavy atom. The Kier molecular flexibility index (Phi) is 8.38. The first kappa shape index (κ1) is 16.7. The Morgan fingerprint density at radius 3 is 2.42 bits per heavy atom. The zero-order valence-corrected chi connectivity index (χ0v) is 14.3. The lowest BCUT2D eigenvalue weighted by Crippen LogP contribution is -2.15. The van der Waals surface area contributed by atoms with Crippen molar-refractivity contribution in [3.8, 4) is 0 Å². The summed E-state index contributed by atoms with van der Waals surface area (Å²) in [6, 6.07) is 10.5. The van der Waals surface area contributed by atoms with Crippen LogP contribution in [0.3, 0.4) is 0 Å². The third kappa shape index (κ3) is 7.11. The average Bonchev–Trinajstić information content (AvgIpc) is 2.45. The van der Waals surface area contributed by atoms with Crippen molar-refractivity contribution in [1.29, 1.82) is 0 Å². The molecule has 0 saturated heterocycles. The van der Waals surface area contributed by atoms with Crippen LogP contribution in [-0.4, -0.2) is 22.7 Å². The molecule has 0 spiro atoms. The van der Waals surface area contributed by atoms with Crippen LogP contribution in [0.4, 0.5) is 0 Å². The van der Waals surface area contributed by atoms with Crippen molar-refractivity contribution in [3.05, 3.63) is 35.9 Å². The van der Waals surface area contributed by atoms with E-state index in [2.05, 4.69) is 60.9 Å². The lowest BCUT2D eigenvalue weighted by atomic mass is 10.0. The summed E-state index contributed by atoms with van der Waals surface area (Å²) >= 11 is 7.41. The molecule has 0 N–H and O–H groups in total. The summed E-state index contributed by atoms with van der Waals surface area (Å²) in [5.74, 6) is -0.130. The Bertz CT molecular complexity index is 368. The van der Waals surface area contributed by atoms with E-state index in [1.165, 1.54) is 12.7 Å². The van der Waals surface area contributed by atoms with Crippen molar-refractivity contribution < 1.29 is 9.53 Å². The molecular formula is C15H20Br2O2. The van der Waals surface area contributed by atoms with Gasteiger partial charge in [-0.05, 0) is 31.2 Å². The molecule has 1 rings (SSSR count). The van der Waals surface area contributed by atoms with Gasteiger partial charge in [0.15, 0.2) is 0 Å². The van der Waals surface area contributed by atoms with E-state index in [4.69, 9.17) is 0 Å². The normalized spacial score (nSPS) is 13.8. The molecule has 0 radical (unpaired) electrons. The molecule has 2 nitrogen and oxygen atoms in total. The number of aryl methyl sites for hydroxylation is 1. The van der Waals surface area contributed by atoms with Gasteiger partial charge in [-0.1, -0.05) is 62.2 Å². The van der Waals surface area contributed by atoms with Crippen molar-refractivity contribution in [3.63, 3.8) is 0 Å². The third-order valence-electron chi connectivity index (χ3n) is 3.03. The Labute approximate surface area is 132 Å². The van der Waals surface area contributed by atoms with Gasteiger partial charge in [-0.15, -0.1) is 0 Å². The summed E-state index contributed by atoms with van der Waals surface area (Å²) in [5, 5.41) is 0. The second kappa shape index (κ2) is 9.54. The minimum absolute atomic E-state index is 0.130. The second-order valence-corrected chi connectivity index (χ2v) is 6.88. The van der Waals surface area contributed by atoms with Gasteiger partial charge in [-0.25, -0.2) is 0 Å². The van der Waals surface area contributed by atoms with Gasteiger partial charge in [0.25, 0.3) is 0 Å². The van der Waals surface area contributed by atoms with Gasteiger partial charge in [0.05, 0.1) is 7.11 Å². The molecule has 1 aromatic rings. The predicted octanol–water partition coefficient (Wildman–Crippen LogP) is 4.49. The van der Waals surface area contributed by atoms with E-state index in [1.807, 2.05) is 6.07 Å². The van der Waals surface area contributed by atoms with Crippen LogP contribution in [0.2, 0.25) is 0 Å². The van der Waals surface area contributed by atoms with E-state index in [9.17, 15) is 4.79 Å². The Balaban J connectivity index is 2.21. The first-order valence-electron chi connectivity index (χ1n) is 6.52. The van der Waals surface area contributed by atoms with Crippen LogP contribution >= 0.6 is 31.9 Å². The highest BCUT2D eigenvalue weighted by Gasteiger charge is 2.16. The van der Waals surface area contributed by atoms with Gasteiger partial charge in [-0.2, -0.15) is 0 Å². The number of halogens is 2. The summed E-state index contributed by atoms with van der Waals surface area (Å²) in [4.78, 5) is 11.8. The highest BCUT2D eigenvalue weighted by atomic mass is 79.9. The van der Waals surface area contributed by atoms with E-state index in [-0.39, 0.29) is 5.97 Å². The van der Waals surface area contributed by atoms with Crippen molar-refractivity contribution >= 4 is 37.8 Å². The minimum Gasteiger partial charge on any atom is -0.469 e. The molecule has 19 heavy (non-hydrogen) atoms. The molecule has 0 unspecified atom stereocenters. The highest BCUT2D eigenvalue weighted by Crippen LogP contribution is 2.24. The van der Waals surface area contributed by atoms with Crippen LogP contribution < -0.4 is 0 Å². The van der Waals surface area contributed by atoms with Gasteiger partial charge in [0.1, 0.15) is 0 Å². The van der Waals surface area contributed by atoms with Crippen LogP contribution in [0, 0.1) is 0 Å². The van der Waals surface area contributed by atoms with Gasteiger partial charge in [0.2, 0.25) is 0 Å². The van der Waals surface area contributed by atoms with E-state index < -0.39 is 0 Å². The molecule has 0 bridgehead atoms. The summed E-state index contributed by atoms with van der Waals surface area (Å²) in [7, 11) is 1.43. The SMILES string of the molecule is COC(=O)CCC[C@@H](Br)[C@H](Br)CCc1ccccc1. The number of carbonyl (C=O) groups excluding carboxylic acids is 1. The zero-order valence-electron chi connectivity index (χ0n) is 11.1. The fourth-order valence-corrected chi connectivity index (χ4v) is 2.94. The van der Waals surface area contributed by atoms with E-state index in [0.29, 0.717) is 16.1 Å². The maximum Gasteiger partial charge on any atom is 0.305 e. The number of ether oxygens (including phenoxy) is 1. The topological polar surface area (TPSA) is 26.3 Å². The number of methoxy groups -OCH3 is 1. The highest BCUT2D eigenvalue weighted by molar-refractivity contribution is 9.12. The van der Waals surface area contributed by atoms with Crippen molar-refractivity contribution in [2.24, 2.45) is 0 Å². The van der Waals surface area contributed by atoms with Crippen LogP contribution in [0.25, 0.3) is 0 Å². The Morgan fingerprint density at radius 1 is 1.16 bits per heavy atom. The maximum atomic E-state index is 11.0. The molecule has 0 heterocycles. The van der Waals surface area contributed by atoms with Crippen LogP contribution in [0.15, 0.2) is 30.3 Å². The van der Waals surface area contributed by atoms with Gasteiger partial charge in [0, 0.05) is 16.1 Å². The lowest BCUT2D eigenvalue weighted by molar-refractivity contribution is -0.140. The molecule has 0 aliphatic rings. The van der Waals surface area contributed by atoms with Gasteiger partial charge >= 0.3 is 5.97 Å². The monoisotopic (exact) mass is 390 g/mol. The van der Waals surface area contributed by atoms with E-state index in [1.54, 1.807) is 0 Å². The van der Waals surface area contributed by atoms with E-state index in [0.717, 1.165) is 25.7 Å². The summed E-state index contributed by atoms with van der Waals surface area (Å²) in [6.07, 6.45) is 4.47. The number of rotatable bonds is 8. The molecule has 2 atom stereocenters. The number of alkyl halides is 2. The number of esters is 1. The molecule has 106 valence electrons. The molecule has 1 aromatic carbocycles. The van der Waals surface area contributed by atoms with Crippen LogP contribution in [0.1, 0.15) is 31.2 Å². The average molecular weight is 392 g/mol. The quantitative estimate of drug-likeness (QED) is 0.482. The molecule has 0 saturated carbocycles. The molecular weight excluding hydrogens is 372 g/mol. The zero-order chi connectivity index (χ0) is 14.1.